The number of anilines is 1. The Labute approximate surface area is 137 Å². The molecule has 1 aromatic heterocycles. The molecule has 1 fully saturated rings. The SMILES string of the molecule is O=C(Nc1ncc(Cc2c(Cl)cccc2Cl)s1)C1CCC1. The van der Waals surface area contributed by atoms with E-state index in [0.717, 1.165) is 29.7 Å². The van der Waals surface area contributed by atoms with Gasteiger partial charge in [0.25, 0.3) is 0 Å². The first-order chi connectivity index (χ1) is 10.1. The molecule has 0 unspecified atom stereocenters. The van der Waals surface area contributed by atoms with Crippen LogP contribution in [0.2, 0.25) is 10.0 Å². The van der Waals surface area contributed by atoms with E-state index in [1.165, 1.54) is 11.3 Å². The topological polar surface area (TPSA) is 42.0 Å². The molecule has 6 heteroatoms. The minimum Gasteiger partial charge on any atom is -0.302 e. The van der Waals surface area contributed by atoms with Crippen molar-refractivity contribution in [3.05, 3.63) is 44.9 Å². The van der Waals surface area contributed by atoms with Crippen LogP contribution in [-0.2, 0) is 11.2 Å². The molecule has 1 saturated carbocycles. The van der Waals surface area contributed by atoms with Gasteiger partial charge in [0.2, 0.25) is 5.91 Å². The third kappa shape index (κ3) is 3.39. The first-order valence-electron chi connectivity index (χ1n) is 6.82. The Hall–Kier alpha value is -1.10. The van der Waals surface area contributed by atoms with Gasteiger partial charge in [-0.15, -0.1) is 11.3 Å². The summed E-state index contributed by atoms with van der Waals surface area (Å²) in [4.78, 5) is 17.2. The number of carbonyl (C=O) groups excluding carboxylic acids is 1. The Balaban J connectivity index is 1.68. The fraction of sp³-hybridized carbons (Fsp3) is 0.333. The van der Waals surface area contributed by atoms with Gasteiger partial charge < -0.3 is 5.32 Å². The number of nitrogens with zero attached hydrogens (tertiary/aromatic N) is 1. The number of carbonyl (C=O) groups is 1. The predicted molar refractivity (Wildman–Crippen MR) is 87.4 cm³/mol. The summed E-state index contributed by atoms with van der Waals surface area (Å²) < 4.78 is 0. The molecular weight excluding hydrogens is 327 g/mol. The van der Waals surface area contributed by atoms with Crippen LogP contribution in [0.15, 0.2) is 24.4 Å². The zero-order valence-electron chi connectivity index (χ0n) is 11.2. The van der Waals surface area contributed by atoms with Crippen LogP contribution >= 0.6 is 34.5 Å². The maximum absolute atomic E-state index is 11.9. The Kier molecular flexibility index (Phi) is 4.48. The van der Waals surface area contributed by atoms with Crippen LogP contribution in [0.3, 0.4) is 0 Å². The molecule has 21 heavy (non-hydrogen) atoms. The molecule has 0 radical (unpaired) electrons. The molecule has 2 aromatic rings. The first-order valence-corrected chi connectivity index (χ1v) is 8.39. The Morgan fingerprint density at radius 3 is 2.67 bits per heavy atom. The minimum atomic E-state index is 0.0814. The van der Waals surface area contributed by atoms with Gasteiger partial charge in [-0.3, -0.25) is 4.79 Å². The zero-order valence-corrected chi connectivity index (χ0v) is 13.6. The van der Waals surface area contributed by atoms with Crippen molar-refractivity contribution in [2.24, 2.45) is 5.92 Å². The first kappa shape index (κ1) is 14.8. The fourth-order valence-corrected chi connectivity index (χ4v) is 3.56. The summed E-state index contributed by atoms with van der Waals surface area (Å²) in [5, 5.41) is 4.82. The zero-order chi connectivity index (χ0) is 14.8. The highest BCUT2D eigenvalue weighted by molar-refractivity contribution is 7.15. The standard InChI is InChI=1S/C15H14Cl2N2OS/c16-12-5-2-6-13(17)11(12)7-10-8-18-15(21-10)19-14(20)9-3-1-4-9/h2,5-6,8-9H,1,3-4,7H2,(H,18,19,20). The largest absolute Gasteiger partial charge is 0.302 e. The van der Waals surface area contributed by atoms with Crippen molar-refractivity contribution in [2.45, 2.75) is 25.7 Å². The highest BCUT2D eigenvalue weighted by atomic mass is 35.5. The second-order valence-corrected chi connectivity index (χ2v) is 7.06. The number of benzene rings is 1. The molecule has 1 aromatic carbocycles. The van der Waals surface area contributed by atoms with Gasteiger partial charge >= 0.3 is 0 Å². The van der Waals surface area contributed by atoms with Crippen molar-refractivity contribution >= 4 is 45.6 Å². The summed E-state index contributed by atoms with van der Waals surface area (Å²) in [6, 6.07) is 5.47. The molecule has 1 aliphatic carbocycles. The van der Waals surface area contributed by atoms with E-state index >= 15 is 0 Å². The van der Waals surface area contributed by atoms with E-state index in [-0.39, 0.29) is 11.8 Å². The molecular formula is C15H14Cl2N2OS. The van der Waals surface area contributed by atoms with Gasteiger partial charge in [0, 0.05) is 33.5 Å². The van der Waals surface area contributed by atoms with Crippen LogP contribution < -0.4 is 5.32 Å². The Bertz CT molecular complexity index is 647. The van der Waals surface area contributed by atoms with Gasteiger partial charge in [0.05, 0.1) is 0 Å². The number of nitrogens with one attached hydrogen (secondary N) is 1. The van der Waals surface area contributed by atoms with Crippen molar-refractivity contribution in [3.8, 4) is 0 Å². The van der Waals surface area contributed by atoms with Crippen LogP contribution in [0.25, 0.3) is 0 Å². The molecule has 0 atom stereocenters. The van der Waals surface area contributed by atoms with Crippen LogP contribution in [0, 0.1) is 5.92 Å². The monoisotopic (exact) mass is 340 g/mol. The molecule has 1 N–H and O–H groups in total. The van der Waals surface area contributed by atoms with Crippen molar-refractivity contribution in [3.63, 3.8) is 0 Å². The summed E-state index contributed by atoms with van der Waals surface area (Å²) in [6.07, 6.45) is 5.50. The number of rotatable bonds is 4. The quantitative estimate of drug-likeness (QED) is 0.870. The maximum Gasteiger partial charge on any atom is 0.229 e. The number of thiazole rings is 1. The number of amides is 1. The molecule has 1 heterocycles. The molecule has 3 nitrogen and oxygen atoms in total. The van der Waals surface area contributed by atoms with E-state index in [1.54, 1.807) is 6.20 Å². The summed E-state index contributed by atoms with van der Waals surface area (Å²) in [7, 11) is 0. The highest BCUT2D eigenvalue weighted by Crippen LogP contribution is 2.31. The third-order valence-electron chi connectivity index (χ3n) is 3.67. The Morgan fingerprint density at radius 1 is 1.33 bits per heavy atom. The van der Waals surface area contributed by atoms with E-state index in [0.29, 0.717) is 21.6 Å². The molecule has 1 aliphatic rings. The number of halogens is 2. The van der Waals surface area contributed by atoms with E-state index in [1.807, 2.05) is 18.2 Å². The lowest BCUT2D eigenvalue weighted by atomic mass is 9.85. The van der Waals surface area contributed by atoms with Crippen LogP contribution in [0.4, 0.5) is 5.13 Å². The fourth-order valence-electron chi connectivity index (χ4n) is 2.20. The van der Waals surface area contributed by atoms with Gasteiger partial charge in [-0.25, -0.2) is 4.98 Å². The summed E-state index contributed by atoms with van der Waals surface area (Å²) in [6.45, 7) is 0. The van der Waals surface area contributed by atoms with Crippen molar-refractivity contribution in [1.29, 1.82) is 0 Å². The molecule has 110 valence electrons. The molecule has 0 spiro atoms. The average molecular weight is 341 g/mol. The van der Waals surface area contributed by atoms with Gasteiger partial charge in [-0.1, -0.05) is 35.7 Å². The van der Waals surface area contributed by atoms with E-state index < -0.39 is 0 Å². The van der Waals surface area contributed by atoms with Gasteiger partial charge in [0.1, 0.15) is 0 Å². The summed E-state index contributed by atoms with van der Waals surface area (Å²) in [5.74, 6) is 0.244. The number of aromatic nitrogens is 1. The smallest absolute Gasteiger partial charge is 0.229 e. The normalized spacial score (nSPS) is 14.8. The number of hydrogen-bond acceptors (Lipinski definition) is 3. The van der Waals surface area contributed by atoms with Crippen LogP contribution in [0.1, 0.15) is 29.7 Å². The predicted octanol–water partition coefficient (Wildman–Crippen LogP) is 4.78. The van der Waals surface area contributed by atoms with Gasteiger partial charge in [-0.05, 0) is 30.5 Å². The molecule has 0 aliphatic heterocycles. The maximum atomic E-state index is 11.9. The molecule has 3 rings (SSSR count). The van der Waals surface area contributed by atoms with Gasteiger partial charge in [-0.2, -0.15) is 0 Å². The summed E-state index contributed by atoms with van der Waals surface area (Å²) in [5.41, 5.74) is 0.890. The molecule has 0 saturated heterocycles. The average Bonchev–Trinajstić information content (AvgIpc) is 2.79. The molecule has 0 bridgehead atoms. The van der Waals surface area contributed by atoms with E-state index in [4.69, 9.17) is 23.2 Å². The lowest BCUT2D eigenvalue weighted by Gasteiger charge is -2.23. The Morgan fingerprint density at radius 2 is 2.05 bits per heavy atom. The second-order valence-electron chi connectivity index (χ2n) is 5.13. The van der Waals surface area contributed by atoms with Crippen molar-refractivity contribution in [2.75, 3.05) is 5.32 Å². The second kappa shape index (κ2) is 6.34. The lowest BCUT2D eigenvalue weighted by molar-refractivity contribution is -0.122. The minimum absolute atomic E-state index is 0.0814. The van der Waals surface area contributed by atoms with E-state index in [2.05, 4.69) is 10.3 Å². The molecule has 1 amide bonds. The summed E-state index contributed by atoms with van der Waals surface area (Å²) >= 11 is 13.8. The van der Waals surface area contributed by atoms with Crippen molar-refractivity contribution < 1.29 is 4.79 Å². The number of hydrogen-bond donors (Lipinski definition) is 1. The lowest BCUT2D eigenvalue weighted by Crippen LogP contribution is -2.27. The van der Waals surface area contributed by atoms with Gasteiger partial charge in [0.15, 0.2) is 5.13 Å². The van der Waals surface area contributed by atoms with E-state index in [9.17, 15) is 4.79 Å². The van der Waals surface area contributed by atoms with Crippen molar-refractivity contribution in [1.82, 2.24) is 4.98 Å². The van der Waals surface area contributed by atoms with Crippen LogP contribution in [0.5, 0.6) is 0 Å². The highest BCUT2D eigenvalue weighted by Gasteiger charge is 2.25. The van der Waals surface area contributed by atoms with Crippen LogP contribution in [-0.4, -0.2) is 10.9 Å². The third-order valence-corrected chi connectivity index (χ3v) is 5.29.